The van der Waals surface area contributed by atoms with Gasteiger partial charge in [0.15, 0.2) is 11.5 Å². The number of carbonyl (C=O) groups is 1. The number of hydrogen-bond acceptors (Lipinski definition) is 7. The van der Waals surface area contributed by atoms with E-state index in [2.05, 4.69) is 37.2 Å². The fourth-order valence-electron chi connectivity index (χ4n) is 3.44. The predicted molar refractivity (Wildman–Crippen MR) is 109 cm³/mol. The van der Waals surface area contributed by atoms with Crippen LogP contribution in [-0.4, -0.2) is 59.3 Å². The maximum absolute atomic E-state index is 12.2. The Morgan fingerprint density at radius 3 is 2.52 bits per heavy atom. The smallest absolute Gasteiger partial charge is 0.271 e. The highest BCUT2D eigenvalue weighted by molar-refractivity contribution is 5.92. The number of nitrogens with one attached hydrogen (secondary N) is 1. The summed E-state index contributed by atoms with van der Waals surface area (Å²) in [6.45, 7) is 10.6. The number of anilines is 1. The summed E-state index contributed by atoms with van der Waals surface area (Å²) in [4.78, 5) is 25.6. The van der Waals surface area contributed by atoms with E-state index in [0.717, 1.165) is 50.0 Å². The lowest BCUT2D eigenvalue weighted by molar-refractivity contribution is 0.0914. The van der Waals surface area contributed by atoms with Gasteiger partial charge in [-0.05, 0) is 38.5 Å². The van der Waals surface area contributed by atoms with Crippen LogP contribution >= 0.6 is 0 Å². The molecule has 1 N–H and O–H groups in total. The Labute approximate surface area is 170 Å². The average molecular weight is 397 g/mol. The number of piperazine rings is 1. The average Bonchev–Trinajstić information content (AvgIpc) is 3.15. The summed E-state index contributed by atoms with van der Waals surface area (Å²) in [5.74, 6) is 2.24. The summed E-state index contributed by atoms with van der Waals surface area (Å²) in [5, 5.41) is 2.90. The van der Waals surface area contributed by atoms with Crippen LogP contribution in [0.15, 0.2) is 30.6 Å². The predicted octanol–water partition coefficient (Wildman–Crippen LogP) is 2.06. The molecule has 1 amide bonds. The molecule has 1 fully saturated rings. The zero-order valence-corrected chi connectivity index (χ0v) is 17.1. The molecule has 1 aromatic carbocycles. The van der Waals surface area contributed by atoms with Crippen LogP contribution in [0.2, 0.25) is 0 Å². The number of ether oxygens (including phenoxy) is 2. The number of fused-ring (bicyclic) bond motifs is 1. The molecule has 2 aliphatic rings. The third kappa shape index (κ3) is 4.76. The molecule has 1 saturated heterocycles. The number of rotatable bonds is 4. The normalized spacial score (nSPS) is 16.7. The van der Waals surface area contributed by atoms with Crippen LogP contribution in [-0.2, 0) is 6.54 Å². The van der Waals surface area contributed by atoms with Gasteiger partial charge in [-0.2, -0.15) is 0 Å². The molecule has 0 spiro atoms. The maximum Gasteiger partial charge on any atom is 0.271 e. The lowest BCUT2D eigenvalue weighted by Gasteiger charge is -2.35. The summed E-state index contributed by atoms with van der Waals surface area (Å²) in [6.07, 6.45) is 3.24. The summed E-state index contributed by atoms with van der Waals surface area (Å²) >= 11 is 0. The summed E-state index contributed by atoms with van der Waals surface area (Å²) in [7, 11) is 0. The first-order chi connectivity index (χ1) is 13.9. The van der Waals surface area contributed by atoms with Gasteiger partial charge in [-0.1, -0.05) is 6.07 Å². The van der Waals surface area contributed by atoms with Gasteiger partial charge in [-0.25, -0.2) is 9.97 Å². The first kappa shape index (κ1) is 19.4. The van der Waals surface area contributed by atoms with Gasteiger partial charge >= 0.3 is 0 Å². The molecule has 0 aliphatic carbocycles. The van der Waals surface area contributed by atoms with Gasteiger partial charge in [0.05, 0.1) is 12.4 Å². The molecule has 29 heavy (non-hydrogen) atoms. The molecule has 0 unspecified atom stereocenters. The quantitative estimate of drug-likeness (QED) is 0.846. The first-order valence-electron chi connectivity index (χ1n) is 9.88. The van der Waals surface area contributed by atoms with Crippen molar-refractivity contribution in [2.45, 2.75) is 32.9 Å². The number of carbonyl (C=O) groups excluding carboxylic acids is 1. The van der Waals surface area contributed by atoms with E-state index in [1.165, 1.54) is 5.56 Å². The third-order valence-electron chi connectivity index (χ3n) is 4.90. The highest BCUT2D eigenvalue weighted by Gasteiger charge is 2.21. The number of nitrogens with zero attached hydrogens (tertiary/aromatic N) is 4. The molecule has 3 heterocycles. The van der Waals surface area contributed by atoms with E-state index in [1.54, 1.807) is 12.4 Å². The van der Waals surface area contributed by atoms with Gasteiger partial charge in [0.1, 0.15) is 11.5 Å². The standard InChI is InChI=1S/C21H27N5O3/c1-21(2,3)24-20(27)16-11-23-19(12-22-16)26-8-6-25(7-9-26)13-15-4-5-17-18(10-15)29-14-28-17/h4-5,10-12H,6-9,13-14H2,1-3H3,(H,24,27). The molecular formula is C21H27N5O3. The van der Waals surface area contributed by atoms with Gasteiger partial charge in [0.2, 0.25) is 6.79 Å². The van der Waals surface area contributed by atoms with Crippen LogP contribution in [0.4, 0.5) is 5.82 Å². The van der Waals surface area contributed by atoms with Crippen molar-refractivity contribution < 1.29 is 14.3 Å². The van der Waals surface area contributed by atoms with E-state index in [4.69, 9.17) is 9.47 Å². The fraction of sp³-hybridized carbons (Fsp3) is 0.476. The molecule has 0 saturated carbocycles. The minimum Gasteiger partial charge on any atom is -0.454 e. The van der Waals surface area contributed by atoms with Crippen LogP contribution in [0, 0.1) is 0 Å². The van der Waals surface area contributed by atoms with Gasteiger partial charge < -0.3 is 19.7 Å². The summed E-state index contributed by atoms with van der Waals surface area (Å²) in [5.41, 5.74) is 1.26. The number of benzene rings is 1. The largest absolute Gasteiger partial charge is 0.454 e. The number of hydrogen-bond donors (Lipinski definition) is 1. The van der Waals surface area contributed by atoms with Crippen molar-refractivity contribution in [3.63, 3.8) is 0 Å². The van der Waals surface area contributed by atoms with Gasteiger partial charge in [-0.3, -0.25) is 9.69 Å². The molecule has 2 aromatic rings. The maximum atomic E-state index is 12.2. The number of amides is 1. The van der Waals surface area contributed by atoms with Crippen molar-refractivity contribution in [3.8, 4) is 11.5 Å². The fourth-order valence-corrected chi connectivity index (χ4v) is 3.44. The van der Waals surface area contributed by atoms with Crippen LogP contribution < -0.4 is 19.7 Å². The van der Waals surface area contributed by atoms with E-state index >= 15 is 0 Å². The summed E-state index contributed by atoms with van der Waals surface area (Å²) < 4.78 is 10.8. The SMILES string of the molecule is CC(C)(C)NC(=O)c1cnc(N2CCN(Cc3ccc4c(c3)OCO4)CC2)cn1. The van der Waals surface area contributed by atoms with Gasteiger partial charge in [-0.15, -0.1) is 0 Å². The highest BCUT2D eigenvalue weighted by Crippen LogP contribution is 2.32. The molecule has 8 nitrogen and oxygen atoms in total. The van der Waals surface area contributed by atoms with Crippen LogP contribution in [0.5, 0.6) is 11.5 Å². The molecule has 0 bridgehead atoms. The lowest BCUT2D eigenvalue weighted by atomic mass is 10.1. The van der Waals surface area contributed by atoms with Gasteiger partial charge in [0, 0.05) is 38.3 Å². The second-order valence-electron chi connectivity index (χ2n) is 8.41. The Bertz CT molecular complexity index is 871. The molecule has 8 heteroatoms. The molecule has 2 aliphatic heterocycles. The zero-order chi connectivity index (χ0) is 20.4. The zero-order valence-electron chi connectivity index (χ0n) is 17.1. The monoisotopic (exact) mass is 397 g/mol. The Morgan fingerprint density at radius 1 is 1.07 bits per heavy atom. The highest BCUT2D eigenvalue weighted by atomic mass is 16.7. The lowest BCUT2D eigenvalue weighted by Crippen LogP contribution is -2.46. The van der Waals surface area contributed by atoms with E-state index in [0.29, 0.717) is 12.5 Å². The Morgan fingerprint density at radius 2 is 1.83 bits per heavy atom. The molecule has 154 valence electrons. The second kappa shape index (κ2) is 7.87. The van der Waals surface area contributed by atoms with Crippen molar-refractivity contribution in [2.24, 2.45) is 0 Å². The third-order valence-corrected chi connectivity index (χ3v) is 4.90. The second-order valence-corrected chi connectivity index (χ2v) is 8.41. The summed E-state index contributed by atoms with van der Waals surface area (Å²) in [6, 6.07) is 6.12. The molecule has 0 atom stereocenters. The van der Waals surface area contributed by atoms with Crippen LogP contribution in [0.25, 0.3) is 0 Å². The van der Waals surface area contributed by atoms with E-state index < -0.39 is 0 Å². The Hall–Kier alpha value is -2.87. The van der Waals surface area contributed by atoms with Crippen molar-refractivity contribution in [1.82, 2.24) is 20.2 Å². The topological polar surface area (TPSA) is 79.8 Å². The number of aromatic nitrogens is 2. The first-order valence-corrected chi connectivity index (χ1v) is 9.88. The van der Waals surface area contributed by atoms with Crippen LogP contribution in [0.3, 0.4) is 0 Å². The van der Waals surface area contributed by atoms with Crippen molar-refractivity contribution >= 4 is 11.7 Å². The molecule has 0 radical (unpaired) electrons. The van der Waals surface area contributed by atoms with Crippen molar-refractivity contribution in [3.05, 3.63) is 41.9 Å². The van der Waals surface area contributed by atoms with Crippen LogP contribution in [0.1, 0.15) is 36.8 Å². The Balaban J connectivity index is 1.31. The van der Waals surface area contributed by atoms with Crippen molar-refractivity contribution in [1.29, 1.82) is 0 Å². The van der Waals surface area contributed by atoms with Gasteiger partial charge in [0.25, 0.3) is 5.91 Å². The minimum atomic E-state index is -0.300. The van der Waals surface area contributed by atoms with Crippen molar-refractivity contribution in [2.75, 3.05) is 37.9 Å². The van der Waals surface area contributed by atoms with E-state index in [1.807, 2.05) is 26.8 Å². The molecule has 4 rings (SSSR count). The minimum absolute atomic E-state index is 0.204. The Kier molecular flexibility index (Phi) is 5.27. The van der Waals surface area contributed by atoms with E-state index in [9.17, 15) is 4.79 Å². The molecular weight excluding hydrogens is 370 g/mol. The van der Waals surface area contributed by atoms with E-state index in [-0.39, 0.29) is 11.4 Å². The molecule has 1 aromatic heterocycles.